The third-order valence-electron chi connectivity index (χ3n) is 1.88. The van der Waals surface area contributed by atoms with Crippen LogP contribution in [0, 0.1) is 0 Å². The largest absolute Gasteiger partial charge is 0.479 e. The Kier molecular flexibility index (Phi) is 1.96. The average molecular weight is 189 g/mol. The number of amides is 2. The summed E-state index contributed by atoms with van der Waals surface area (Å²) in [5.74, 6) is -3.02. The van der Waals surface area contributed by atoms with E-state index in [4.69, 9.17) is 10.2 Å². The number of carbonyl (C=O) groups excluding carboxylic acids is 1. The fourth-order valence-corrected chi connectivity index (χ4v) is 1.09. The van der Waals surface area contributed by atoms with Crippen LogP contribution >= 0.6 is 0 Å². The van der Waals surface area contributed by atoms with Gasteiger partial charge >= 0.3 is 12.1 Å². The Morgan fingerprint density at radius 1 is 1.38 bits per heavy atom. The number of imide groups is 1. The molecule has 0 aromatic heterocycles. The minimum atomic E-state index is -2.57. The molecule has 3 N–H and O–H groups in total. The van der Waals surface area contributed by atoms with Crippen LogP contribution in [0.2, 0.25) is 0 Å². The van der Waals surface area contributed by atoms with Gasteiger partial charge in [-0.1, -0.05) is 0 Å². The van der Waals surface area contributed by atoms with Crippen LogP contribution in [0.4, 0.5) is 4.79 Å². The molecule has 0 bridgehead atoms. The Bertz CT molecular complexity index is 287. The highest BCUT2D eigenvalue weighted by atomic mass is 16.4. The van der Waals surface area contributed by atoms with E-state index in [1.54, 1.807) is 0 Å². The molecule has 0 saturated carbocycles. The quantitative estimate of drug-likeness (QED) is 0.442. The Balaban J connectivity index is 2.94. The molecular weight excluding hydrogens is 182 g/mol. The molecule has 0 spiro atoms. The summed E-state index contributed by atoms with van der Waals surface area (Å²) in [6.07, 6.45) is -1.96. The molecule has 1 aliphatic heterocycles. The van der Waals surface area contributed by atoms with Crippen LogP contribution in [0.25, 0.3) is 0 Å². The molecule has 1 heterocycles. The SMILES string of the molecule is O=C(O)N1CCC(O)(C(=O)O)C1=O. The van der Waals surface area contributed by atoms with Crippen molar-refractivity contribution in [2.24, 2.45) is 0 Å². The third kappa shape index (κ3) is 1.22. The van der Waals surface area contributed by atoms with Gasteiger partial charge in [-0.25, -0.2) is 14.5 Å². The summed E-state index contributed by atoms with van der Waals surface area (Å²) in [5, 5.41) is 26.1. The van der Waals surface area contributed by atoms with Crippen LogP contribution in [0.3, 0.4) is 0 Å². The number of aliphatic hydroxyl groups is 1. The van der Waals surface area contributed by atoms with E-state index < -0.39 is 30.0 Å². The molecule has 2 amide bonds. The number of carboxylic acids is 1. The van der Waals surface area contributed by atoms with Crippen molar-refractivity contribution in [3.63, 3.8) is 0 Å². The molecule has 0 aromatic rings. The summed E-state index contributed by atoms with van der Waals surface area (Å²) in [6.45, 7) is -0.295. The van der Waals surface area contributed by atoms with Gasteiger partial charge in [0.15, 0.2) is 0 Å². The van der Waals surface area contributed by atoms with E-state index in [0.717, 1.165) is 0 Å². The molecule has 7 heteroatoms. The summed E-state index contributed by atoms with van der Waals surface area (Å²) in [7, 11) is 0. The van der Waals surface area contributed by atoms with E-state index in [1.807, 2.05) is 0 Å². The first kappa shape index (κ1) is 9.46. The van der Waals surface area contributed by atoms with Crippen molar-refractivity contribution in [3.05, 3.63) is 0 Å². The number of hydrogen-bond acceptors (Lipinski definition) is 4. The van der Waals surface area contributed by atoms with E-state index >= 15 is 0 Å². The van der Waals surface area contributed by atoms with Gasteiger partial charge in [0.2, 0.25) is 5.60 Å². The van der Waals surface area contributed by atoms with Gasteiger partial charge in [0.25, 0.3) is 5.91 Å². The molecule has 13 heavy (non-hydrogen) atoms. The maximum absolute atomic E-state index is 11.0. The van der Waals surface area contributed by atoms with Crippen molar-refractivity contribution in [2.45, 2.75) is 12.0 Å². The van der Waals surface area contributed by atoms with Crippen molar-refractivity contribution in [1.29, 1.82) is 0 Å². The van der Waals surface area contributed by atoms with Gasteiger partial charge in [-0.15, -0.1) is 0 Å². The van der Waals surface area contributed by atoms with Crippen molar-refractivity contribution in [1.82, 2.24) is 4.90 Å². The number of carbonyl (C=O) groups is 3. The maximum atomic E-state index is 11.0. The summed E-state index contributed by atoms with van der Waals surface area (Å²) in [5.41, 5.74) is -2.57. The van der Waals surface area contributed by atoms with Crippen LogP contribution in [-0.4, -0.2) is 50.3 Å². The van der Waals surface area contributed by atoms with E-state index in [9.17, 15) is 19.5 Å². The van der Waals surface area contributed by atoms with Crippen molar-refractivity contribution >= 4 is 18.0 Å². The monoisotopic (exact) mass is 189 g/mol. The van der Waals surface area contributed by atoms with Gasteiger partial charge in [-0.2, -0.15) is 0 Å². The van der Waals surface area contributed by atoms with Gasteiger partial charge in [0.05, 0.1) is 0 Å². The second-order valence-corrected chi connectivity index (χ2v) is 2.65. The number of carboxylic acid groups (broad SMARTS) is 2. The van der Waals surface area contributed by atoms with Crippen LogP contribution in [-0.2, 0) is 9.59 Å². The van der Waals surface area contributed by atoms with Gasteiger partial charge in [-0.05, 0) is 0 Å². The zero-order valence-corrected chi connectivity index (χ0v) is 6.43. The number of hydrogen-bond donors (Lipinski definition) is 3. The predicted octanol–water partition coefficient (Wildman–Crippen LogP) is -1.29. The first-order valence-electron chi connectivity index (χ1n) is 3.40. The lowest BCUT2D eigenvalue weighted by molar-refractivity contribution is -0.165. The van der Waals surface area contributed by atoms with Gasteiger partial charge in [-0.3, -0.25) is 4.79 Å². The molecule has 1 aliphatic rings. The molecule has 1 unspecified atom stereocenters. The highest BCUT2D eigenvalue weighted by Gasteiger charge is 2.53. The van der Waals surface area contributed by atoms with Gasteiger partial charge < -0.3 is 15.3 Å². The zero-order valence-electron chi connectivity index (χ0n) is 6.43. The Hall–Kier alpha value is -1.63. The van der Waals surface area contributed by atoms with E-state index in [0.29, 0.717) is 0 Å². The number of rotatable bonds is 1. The summed E-state index contributed by atoms with van der Waals surface area (Å²) < 4.78 is 0. The number of nitrogens with zero attached hydrogens (tertiary/aromatic N) is 1. The molecule has 1 saturated heterocycles. The molecule has 0 radical (unpaired) electrons. The lowest BCUT2D eigenvalue weighted by atomic mass is 10.0. The fraction of sp³-hybridized carbons (Fsp3) is 0.500. The van der Waals surface area contributed by atoms with Crippen LogP contribution < -0.4 is 0 Å². The number of likely N-dealkylation sites (tertiary alicyclic amines) is 1. The minimum absolute atomic E-state index is 0.286. The summed E-state index contributed by atoms with van der Waals surface area (Å²) >= 11 is 0. The van der Waals surface area contributed by atoms with Gasteiger partial charge in [0, 0.05) is 13.0 Å². The molecule has 7 nitrogen and oxygen atoms in total. The van der Waals surface area contributed by atoms with Crippen molar-refractivity contribution in [2.75, 3.05) is 6.54 Å². The Labute approximate surface area is 72.2 Å². The predicted molar refractivity (Wildman–Crippen MR) is 36.9 cm³/mol. The van der Waals surface area contributed by atoms with Crippen LogP contribution in [0.1, 0.15) is 6.42 Å². The van der Waals surface area contributed by atoms with E-state index in [-0.39, 0.29) is 11.4 Å². The molecule has 0 aliphatic carbocycles. The molecule has 1 rings (SSSR count). The standard InChI is InChI=1S/C6H7NO6/c8-3-6(13,4(9)10)1-2-7(3)5(11)12/h13H,1-2H2,(H,9,10)(H,11,12). The Morgan fingerprint density at radius 2 is 1.92 bits per heavy atom. The summed E-state index contributed by atoms with van der Waals surface area (Å²) in [4.78, 5) is 32.0. The molecule has 1 atom stereocenters. The van der Waals surface area contributed by atoms with Gasteiger partial charge in [0.1, 0.15) is 0 Å². The maximum Gasteiger partial charge on any atom is 0.414 e. The van der Waals surface area contributed by atoms with E-state index in [1.165, 1.54) is 0 Å². The Morgan fingerprint density at radius 3 is 2.15 bits per heavy atom. The number of aliphatic carboxylic acids is 1. The van der Waals surface area contributed by atoms with E-state index in [2.05, 4.69) is 0 Å². The van der Waals surface area contributed by atoms with Crippen molar-refractivity contribution in [3.8, 4) is 0 Å². The lowest BCUT2D eigenvalue weighted by Crippen LogP contribution is -2.47. The van der Waals surface area contributed by atoms with Crippen LogP contribution in [0.5, 0.6) is 0 Å². The summed E-state index contributed by atoms with van der Waals surface area (Å²) in [6, 6.07) is 0. The topological polar surface area (TPSA) is 115 Å². The fourth-order valence-electron chi connectivity index (χ4n) is 1.09. The molecular formula is C6H7NO6. The normalized spacial score (nSPS) is 27.8. The van der Waals surface area contributed by atoms with Crippen molar-refractivity contribution < 1.29 is 29.7 Å². The first-order valence-corrected chi connectivity index (χ1v) is 3.40. The smallest absolute Gasteiger partial charge is 0.414 e. The average Bonchev–Trinajstić information content (AvgIpc) is 2.30. The second kappa shape index (κ2) is 2.70. The third-order valence-corrected chi connectivity index (χ3v) is 1.88. The lowest BCUT2D eigenvalue weighted by Gasteiger charge is -2.14. The second-order valence-electron chi connectivity index (χ2n) is 2.65. The minimum Gasteiger partial charge on any atom is -0.479 e. The first-order chi connectivity index (χ1) is 5.89. The molecule has 1 fully saturated rings. The van der Waals surface area contributed by atoms with Crippen LogP contribution in [0.15, 0.2) is 0 Å². The highest BCUT2D eigenvalue weighted by molar-refractivity contribution is 6.11. The molecule has 0 aromatic carbocycles. The molecule has 72 valence electrons. The zero-order chi connectivity index (χ0) is 10.2. The highest BCUT2D eigenvalue weighted by Crippen LogP contribution is 2.22.